The zero-order valence-corrected chi connectivity index (χ0v) is 8.97. The van der Waals surface area contributed by atoms with Crippen molar-refractivity contribution in [2.75, 3.05) is 19.7 Å². The summed E-state index contributed by atoms with van der Waals surface area (Å²) in [6.45, 7) is -0.153. The van der Waals surface area contributed by atoms with E-state index < -0.39 is 37.0 Å². The molecular weight excluding hydrogens is 238 g/mol. The van der Waals surface area contributed by atoms with E-state index in [1.165, 1.54) is 0 Å². The third kappa shape index (κ3) is 1.96. The average molecular weight is 252 g/mol. The SMILES string of the molecule is O=C1NCCCN1[C@H]1O[C@H](CO)[C@@H](O)C1(F)F. The van der Waals surface area contributed by atoms with E-state index in [0.717, 1.165) is 4.90 Å². The van der Waals surface area contributed by atoms with Crippen molar-refractivity contribution in [3.05, 3.63) is 0 Å². The maximum atomic E-state index is 13.7. The predicted octanol–water partition coefficient (Wildman–Crippen LogP) is -0.885. The van der Waals surface area contributed by atoms with E-state index in [1.54, 1.807) is 0 Å². The van der Waals surface area contributed by atoms with Gasteiger partial charge in [0.15, 0.2) is 6.10 Å². The van der Waals surface area contributed by atoms with Crippen molar-refractivity contribution >= 4 is 6.03 Å². The first kappa shape index (κ1) is 12.5. The van der Waals surface area contributed by atoms with Crippen LogP contribution in [-0.2, 0) is 4.74 Å². The summed E-state index contributed by atoms with van der Waals surface area (Å²) in [6.07, 6.45) is -4.77. The van der Waals surface area contributed by atoms with Crippen molar-refractivity contribution in [2.24, 2.45) is 0 Å². The maximum Gasteiger partial charge on any atom is 0.319 e. The van der Waals surface area contributed by atoms with Gasteiger partial charge >= 0.3 is 12.0 Å². The Bertz CT molecular complexity index is 315. The Hall–Kier alpha value is -0.990. The predicted molar refractivity (Wildman–Crippen MR) is 51.4 cm³/mol. The third-order valence-electron chi connectivity index (χ3n) is 2.96. The molecule has 2 aliphatic rings. The van der Waals surface area contributed by atoms with Gasteiger partial charge in [0, 0.05) is 13.1 Å². The molecule has 2 fully saturated rings. The van der Waals surface area contributed by atoms with Gasteiger partial charge in [-0.05, 0) is 6.42 Å². The summed E-state index contributed by atoms with van der Waals surface area (Å²) in [5.74, 6) is -3.58. The first-order chi connectivity index (χ1) is 7.98. The third-order valence-corrected chi connectivity index (χ3v) is 2.96. The second-order valence-electron chi connectivity index (χ2n) is 4.11. The van der Waals surface area contributed by atoms with Crippen LogP contribution in [0, 0.1) is 0 Å². The summed E-state index contributed by atoms with van der Waals surface area (Å²) < 4.78 is 32.2. The number of nitrogens with zero attached hydrogens (tertiary/aromatic N) is 1. The highest BCUT2D eigenvalue weighted by molar-refractivity contribution is 5.75. The number of amides is 2. The highest BCUT2D eigenvalue weighted by Crippen LogP contribution is 2.38. The maximum absolute atomic E-state index is 13.7. The van der Waals surface area contributed by atoms with Crippen LogP contribution in [-0.4, -0.2) is 65.2 Å². The number of hydrogen-bond acceptors (Lipinski definition) is 4. The number of carbonyl (C=O) groups is 1. The van der Waals surface area contributed by atoms with Gasteiger partial charge < -0.3 is 20.3 Å². The van der Waals surface area contributed by atoms with Gasteiger partial charge in [0.05, 0.1) is 6.61 Å². The fourth-order valence-electron chi connectivity index (χ4n) is 2.02. The van der Waals surface area contributed by atoms with E-state index in [-0.39, 0.29) is 6.54 Å². The van der Waals surface area contributed by atoms with Crippen LogP contribution in [0.25, 0.3) is 0 Å². The number of rotatable bonds is 2. The molecule has 17 heavy (non-hydrogen) atoms. The highest BCUT2D eigenvalue weighted by Gasteiger charge is 2.61. The summed E-state index contributed by atoms with van der Waals surface area (Å²) in [5, 5.41) is 20.5. The minimum atomic E-state index is -3.58. The lowest BCUT2D eigenvalue weighted by atomic mass is 10.1. The fraction of sp³-hybridized carbons (Fsp3) is 0.889. The van der Waals surface area contributed by atoms with Crippen LogP contribution < -0.4 is 5.32 Å². The molecule has 0 aliphatic carbocycles. The molecule has 0 radical (unpaired) electrons. The van der Waals surface area contributed by atoms with Gasteiger partial charge in [-0.2, -0.15) is 8.78 Å². The van der Waals surface area contributed by atoms with Crippen LogP contribution in [0.1, 0.15) is 6.42 Å². The molecule has 98 valence electrons. The molecule has 6 nitrogen and oxygen atoms in total. The normalized spacial score (nSPS) is 37.1. The van der Waals surface area contributed by atoms with E-state index in [9.17, 15) is 18.7 Å². The van der Waals surface area contributed by atoms with Gasteiger partial charge in [0.25, 0.3) is 0 Å². The second-order valence-corrected chi connectivity index (χ2v) is 4.11. The summed E-state index contributed by atoms with van der Waals surface area (Å²) >= 11 is 0. The van der Waals surface area contributed by atoms with E-state index in [1.807, 2.05) is 0 Å². The van der Waals surface area contributed by atoms with Gasteiger partial charge in [-0.25, -0.2) is 4.79 Å². The monoisotopic (exact) mass is 252 g/mol. The molecule has 2 heterocycles. The topological polar surface area (TPSA) is 82.0 Å². The number of alkyl halides is 2. The molecule has 0 spiro atoms. The van der Waals surface area contributed by atoms with E-state index in [0.29, 0.717) is 13.0 Å². The summed E-state index contributed by atoms with van der Waals surface area (Å²) in [5.41, 5.74) is 0. The summed E-state index contributed by atoms with van der Waals surface area (Å²) in [6, 6.07) is -0.647. The van der Waals surface area contributed by atoms with Crippen LogP contribution in [0.4, 0.5) is 13.6 Å². The zero-order valence-electron chi connectivity index (χ0n) is 8.97. The molecule has 8 heteroatoms. The Balaban J connectivity index is 2.17. The van der Waals surface area contributed by atoms with Crippen molar-refractivity contribution in [3.8, 4) is 0 Å². The average Bonchev–Trinajstić information content (AvgIpc) is 2.52. The van der Waals surface area contributed by atoms with Crippen molar-refractivity contribution in [2.45, 2.75) is 30.8 Å². The highest BCUT2D eigenvalue weighted by atomic mass is 19.3. The number of aliphatic hydroxyl groups is 2. The molecule has 2 rings (SSSR count). The lowest BCUT2D eigenvalue weighted by Crippen LogP contribution is -2.57. The smallest absolute Gasteiger partial charge is 0.319 e. The zero-order chi connectivity index (χ0) is 12.6. The van der Waals surface area contributed by atoms with Crippen molar-refractivity contribution in [1.82, 2.24) is 10.2 Å². The molecule has 2 amide bonds. The number of halogens is 2. The van der Waals surface area contributed by atoms with E-state index in [4.69, 9.17) is 9.84 Å². The van der Waals surface area contributed by atoms with Crippen LogP contribution in [0.15, 0.2) is 0 Å². The molecule has 0 aromatic carbocycles. The Morgan fingerprint density at radius 3 is 2.82 bits per heavy atom. The van der Waals surface area contributed by atoms with Gasteiger partial charge in [0.2, 0.25) is 6.23 Å². The van der Waals surface area contributed by atoms with Gasteiger partial charge in [-0.1, -0.05) is 0 Å². The van der Waals surface area contributed by atoms with Crippen molar-refractivity contribution < 1.29 is 28.5 Å². The summed E-state index contributed by atoms with van der Waals surface area (Å²) in [4.78, 5) is 12.3. The quantitative estimate of drug-likeness (QED) is 0.596. The number of hydrogen-bond donors (Lipinski definition) is 3. The molecule has 0 bridgehead atoms. The van der Waals surface area contributed by atoms with Crippen LogP contribution in [0.3, 0.4) is 0 Å². The number of nitrogens with one attached hydrogen (secondary N) is 1. The minimum Gasteiger partial charge on any atom is -0.394 e. The Kier molecular flexibility index (Phi) is 3.19. The lowest BCUT2D eigenvalue weighted by molar-refractivity contribution is -0.156. The molecule has 2 aliphatic heterocycles. The molecule has 0 aromatic rings. The van der Waals surface area contributed by atoms with Gasteiger partial charge in [-0.15, -0.1) is 0 Å². The molecular formula is C9H14F2N2O4. The molecule has 0 saturated carbocycles. The standard InChI is InChI=1S/C9H14F2N2O4/c10-9(11)6(15)5(4-14)17-7(9)13-3-1-2-12-8(13)16/h5-7,14-15H,1-4H2,(H,12,16)/t5-,6-,7+/m1/s1. The number of carbonyl (C=O) groups excluding carboxylic acids is 1. The van der Waals surface area contributed by atoms with Crippen molar-refractivity contribution in [3.63, 3.8) is 0 Å². The largest absolute Gasteiger partial charge is 0.394 e. The first-order valence-electron chi connectivity index (χ1n) is 5.35. The van der Waals surface area contributed by atoms with Gasteiger partial charge in [-0.3, -0.25) is 4.90 Å². The van der Waals surface area contributed by atoms with Crippen LogP contribution in [0.5, 0.6) is 0 Å². The molecule has 0 aromatic heterocycles. The first-order valence-corrected chi connectivity index (χ1v) is 5.35. The number of aliphatic hydroxyl groups excluding tert-OH is 2. The van der Waals surface area contributed by atoms with Crippen LogP contribution in [0.2, 0.25) is 0 Å². The Morgan fingerprint density at radius 1 is 1.59 bits per heavy atom. The number of urea groups is 1. The lowest BCUT2D eigenvalue weighted by Gasteiger charge is -2.34. The fourth-order valence-corrected chi connectivity index (χ4v) is 2.02. The minimum absolute atomic E-state index is 0.136. The molecule has 3 atom stereocenters. The van der Waals surface area contributed by atoms with Gasteiger partial charge in [0.1, 0.15) is 6.10 Å². The second kappa shape index (κ2) is 4.35. The van der Waals surface area contributed by atoms with Crippen molar-refractivity contribution in [1.29, 1.82) is 0 Å². The van der Waals surface area contributed by atoms with Crippen LogP contribution >= 0.6 is 0 Å². The van der Waals surface area contributed by atoms with E-state index >= 15 is 0 Å². The summed E-state index contributed by atoms with van der Waals surface area (Å²) in [7, 11) is 0. The molecule has 3 N–H and O–H groups in total. The molecule has 2 saturated heterocycles. The number of ether oxygens (including phenoxy) is 1. The Morgan fingerprint density at radius 2 is 2.29 bits per heavy atom. The van der Waals surface area contributed by atoms with E-state index in [2.05, 4.69) is 5.32 Å². The molecule has 0 unspecified atom stereocenters. The Labute approximate surface area is 96.2 Å².